The van der Waals surface area contributed by atoms with Crippen LogP contribution in [0.1, 0.15) is 22.3 Å². The summed E-state index contributed by atoms with van der Waals surface area (Å²) in [4.78, 5) is 2.43. The van der Waals surface area contributed by atoms with E-state index in [1.165, 1.54) is 22.4 Å². The van der Waals surface area contributed by atoms with Crippen molar-refractivity contribution in [1.82, 2.24) is 0 Å². The van der Waals surface area contributed by atoms with E-state index in [-0.39, 0.29) is 0 Å². The zero-order chi connectivity index (χ0) is 25.3. The van der Waals surface area contributed by atoms with E-state index in [0.29, 0.717) is 0 Å². The molecule has 0 fully saturated rings. The average molecular weight is 482 g/mol. The van der Waals surface area contributed by atoms with Crippen LogP contribution >= 0.6 is 0 Å². The second-order valence-corrected chi connectivity index (χ2v) is 9.10. The minimum absolute atomic E-state index is 0.846. The van der Waals surface area contributed by atoms with E-state index >= 15 is 0 Å². The van der Waals surface area contributed by atoms with Crippen molar-refractivity contribution in [3.05, 3.63) is 162 Å². The Labute approximate surface area is 220 Å². The van der Waals surface area contributed by atoms with Crippen LogP contribution in [-0.2, 0) is 13.1 Å². The second-order valence-electron chi connectivity index (χ2n) is 9.10. The molecule has 0 saturated heterocycles. The minimum Gasteiger partial charge on any atom is -0.363 e. The molecule has 3 heteroatoms. The molecular formula is C34H31N3. The smallest absolute Gasteiger partial charge is 0.0652 e. The zero-order valence-electron chi connectivity index (χ0n) is 21.1. The van der Waals surface area contributed by atoms with Gasteiger partial charge in [0.2, 0.25) is 0 Å². The highest BCUT2D eigenvalue weighted by Gasteiger charge is 2.11. The number of hydrogen-bond donors (Lipinski definition) is 0. The van der Waals surface area contributed by atoms with Crippen molar-refractivity contribution in [3.8, 4) is 0 Å². The molecule has 0 bridgehead atoms. The largest absolute Gasteiger partial charge is 0.363 e. The number of para-hydroxylation sites is 2. The first-order chi connectivity index (χ1) is 18.3. The van der Waals surface area contributed by atoms with Gasteiger partial charge >= 0.3 is 0 Å². The molecule has 0 unspecified atom stereocenters. The SMILES string of the molecule is Cc1cc(N(Cc2ccccc2)Cc2ccccc2)ccc1C=NN(c1ccccc1)c1ccccc1. The van der Waals surface area contributed by atoms with Gasteiger partial charge in [0.15, 0.2) is 0 Å². The van der Waals surface area contributed by atoms with E-state index < -0.39 is 0 Å². The van der Waals surface area contributed by atoms with Crippen LogP contribution in [0, 0.1) is 6.92 Å². The van der Waals surface area contributed by atoms with Crippen molar-refractivity contribution in [3.63, 3.8) is 0 Å². The van der Waals surface area contributed by atoms with Gasteiger partial charge in [0.05, 0.1) is 17.6 Å². The lowest BCUT2D eigenvalue weighted by Crippen LogP contribution is -2.22. The molecule has 0 saturated carbocycles. The van der Waals surface area contributed by atoms with Crippen LogP contribution in [0.25, 0.3) is 0 Å². The fraction of sp³-hybridized carbons (Fsp3) is 0.0882. The summed E-state index contributed by atoms with van der Waals surface area (Å²) in [5.74, 6) is 0. The zero-order valence-corrected chi connectivity index (χ0v) is 21.1. The van der Waals surface area contributed by atoms with E-state index in [1.807, 2.05) is 47.6 Å². The highest BCUT2D eigenvalue weighted by molar-refractivity contribution is 5.84. The third-order valence-corrected chi connectivity index (χ3v) is 6.36. The van der Waals surface area contributed by atoms with Crippen LogP contribution in [0.4, 0.5) is 17.1 Å². The Bertz CT molecular complexity index is 1330. The monoisotopic (exact) mass is 481 g/mol. The van der Waals surface area contributed by atoms with Gasteiger partial charge in [-0.3, -0.25) is 0 Å². The maximum absolute atomic E-state index is 4.90. The number of hydrogen-bond acceptors (Lipinski definition) is 3. The van der Waals surface area contributed by atoms with Crippen LogP contribution in [0.2, 0.25) is 0 Å². The molecule has 182 valence electrons. The molecule has 5 aromatic rings. The van der Waals surface area contributed by atoms with Crippen LogP contribution in [0.5, 0.6) is 0 Å². The van der Waals surface area contributed by atoms with Gasteiger partial charge in [-0.15, -0.1) is 0 Å². The minimum atomic E-state index is 0.846. The van der Waals surface area contributed by atoms with Crippen molar-refractivity contribution in [2.24, 2.45) is 5.10 Å². The normalized spacial score (nSPS) is 10.9. The molecule has 0 amide bonds. The number of nitrogens with zero attached hydrogens (tertiary/aromatic N) is 3. The van der Waals surface area contributed by atoms with E-state index in [9.17, 15) is 0 Å². The Morgan fingerprint density at radius 3 is 1.46 bits per heavy atom. The average Bonchev–Trinajstić information content (AvgIpc) is 2.96. The molecule has 0 aliphatic carbocycles. The fourth-order valence-corrected chi connectivity index (χ4v) is 4.39. The molecule has 0 aromatic heterocycles. The third-order valence-electron chi connectivity index (χ3n) is 6.36. The Hall–Kier alpha value is -4.63. The Balaban J connectivity index is 1.42. The molecule has 0 atom stereocenters. The lowest BCUT2D eigenvalue weighted by Gasteiger charge is -2.26. The third kappa shape index (κ3) is 6.33. The number of anilines is 3. The summed E-state index contributed by atoms with van der Waals surface area (Å²) >= 11 is 0. The second kappa shape index (κ2) is 11.9. The summed E-state index contributed by atoms with van der Waals surface area (Å²) in [6, 6.07) is 48.4. The maximum atomic E-state index is 4.90. The summed E-state index contributed by atoms with van der Waals surface area (Å²) in [6.07, 6.45) is 1.96. The lowest BCUT2D eigenvalue weighted by atomic mass is 10.1. The number of benzene rings is 5. The summed E-state index contributed by atoms with van der Waals surface area (Å²) in [5, 5.41) is 6.88. The number of rotatable bonds is 9. The van der Waals surface area contributed by atoms with E-state index in [1.54, 1.807) is 0 Å². The first-order valence-corrected chi connectivity index (χ1v) is 12.6. The number of hydrazone groups is 1. The summed E-state index contributed by atoms with van der Waals surface area (Å²) in [7, 11) is 0. The Kier molecular flexibility index (Phi) is 7.73. The van der Waals surface area contributed by atoms with Crippen molar-refractivity contribution in [1.29, 1.82) is 0 Å². The predicted molar refractivity (Wildman–Crippen MR) is 157 cm³/mol. The van der Waals surface area contributed by atoms with Crippen molar-refractivity contribution in [2.45, 2.75) is 20.0 Å². The number of aryl methyl sites for hydroxylation is 1. The summed E-state index contributed by atoms with van der Waals surface area (Å²) in [6.45, 7) is 3.85. The van der Waals surface area contributed by atoms with E-state index in [0.717, 1.165) is 30.0 Å². The molecule has 5 rings (SSSR count). The van der Waals surface area contributed by atoms with Crippen LogP contribution in [-0.4, -0.2) is 6.21 Å². The summed E-state index contributed by atoms with van der Waals surface area (Å²) in [5.41, 5.74) is 8.12. The van der Waals surface area contributed by atoms with Gasteiger partial charge in [0, 0.05) is 18.8 Å². The molecule has 5 aromatic carbocycles. The van der Waals surface area contributed by atoms with Gasteiger partial charge in [-0.05, 0) is 65.6 Å². The van der Waals surface area contributed by atoms with Crippen LogP contribution in [0.3, 0.4) is 0 Å². The molecule has 0 heterocycles. The highest BCUT2D eigenvalue weighted by Crippen LogP contribution is 2.26. The van der Waals surface area contributed by atoms with Gasteiger partial charge in [-0.2, -0.15) is 5.10 Å². The molecule has 0 N–H and O–H groups in total. The standard InChI is InChI=1S/C34H31N3/c1-28-24-34(36(26-29-14-6-2-7-15-29)27-30-16-8-3-9-17-30)23-22-31(28)25-35-37(32-18-10-4-11-19-32)33-20-12-5-13-21-33/h2-25H,26-27H2,1H3. The topological polar surface area (TPSA) is 18.8 Å². The lowest BCUT2D eigenvalue weighted by molar-refractivity contribution is 0.799. The van der Waals surface area contributed by atoms with Crippen molar-refractivity contribution in [2.75, 3.05) is 9.91 Å². The van der Waals surface area contributed by atoms with Gasteiger partial charge in [-0.1, -0.05) is 103 Å². The van der Waals surface area contributed by atoms with Crippen molar-refractivity contribution >= 4 is 23.3 Å². The first kappa shape index (κ1) is 24.1. The van der Waals surface area contributed by atoms with Crippen LogP contribution < -0.4 is 9.91 Å². The van der Waals surface area contributed by atoms with Gasteiger partial charge in [0.1, 0.15) is 0 Å². The van der Waals surface area contributed by atoms with Gasteiger partial charge < -0.3 is 4.90 Å². The summed E-state index contributed by atoms with van der Waals surface area (Å²) < 4.78 is 0. The fourth-order valence-electron chi connectivity index (χ4n) is 4.39. The van der Waals surface area contributed by atoms with Gasteiger partial charge in [-0.25, -0.2) is 5.01 Å². The molecule has 37 heavy (non-hydrogen) atoms. The van der Waals surface area contributed by atoms with Crippen molar-refractivity contribution < 1.29 is 0 Å². The van der Waals surface area contributed by atoms with E-state index in [2.05, 4.69) is 115 Å². The predicted octanol–water partition coefficient (Wildman–Crippen LogP) is 8.37. The Morgan fingerprint density at radius 2 is 1.00 bits per heavy atom. The highest BCUT2D eigenvalue weighted by atomic mass is 15.5. The molecule has 3 nitrogen and oxygen atoms in total. The van der Waals surface area contributed by atoms with Gasteiger partial charge in [0.25, 0.3) is 0 Å². The maximum Gasteiger partial charge on any atom is 0.0652 e. The molecular weight excluding hydrogens is 450 g/mol. The van der Waals surface area contributed by atoms with Crippen LogP contribution in [0.15, 0.2) is 145 Å². The Morgan fingerprint density at radius 1 is 0.541 bits per heavy atom. The molecule has 0 aliphatic rings. The molecule has 0 aliphatic heterocycles. The molecule has 0 spiro atoms. The first-order valence-electron chi connectivity index (χ1n) is 12.6. The quantitative estimate of drug-likeness (QED) is 0.156. The molecule has 0 radical (unpaired) electrons. The van der Waals surface area contributed by atoms with E-state index in [4.69, 9.17) is 5.10 Å².